The molecule has 1 heterocycles. The summed E-state index contributed by atoms with van der Waals surface area (Å²) >= 11 is 0. The maximum atomic E-state index is 13.7. The van der Waals surface area contributed by atoms with E-state index in [-0.39, 0.29) is 17.9 Å². The second-order valence-electron chi connectivity index (χ2n) is 7.79. The highest BCUT2D eigenvalue weighted by Gasteiger charge is 2.49. The zero-order chi connectivity index (χ0) is 20.3. The molecule has 0 spiro atoms. The third-order valence-electron chi connectivity index (χ3n) is 5.47. The van der Waals surface area contributed by atoms with Crippen molar-refractivity contribution in [3.8, 4) is 0 Å². The van der Waals surface area contributed by atoms with Crippen LogP contribution in [0.3, 0.4) is 0 Å². The van der Waals surface area contributed by atoms with Crippen LogP contribution >= 0.6 is 0 Å². The van der Waals surface area contributed by atoms with Gasteiger partial charge in [0.2, 0.25) is 11.8 Å². The third-order valence-corrected chi connectivity index (χ3v) is 5.47. The summed E-state index contributed by atoms with van der Waals surface area (Å²) in [6.07, 6.45) is 0.218. The van der Waals surface area contributed by atoms with E-state index in [0.29, 0.717) is 12.5 Å². The summed E-state index contributed by atoms with van der Waals surface area (Å²) in [5, 5.41) is 2.48. The highest BCUT2D eigenvalue weighted by molar-refractivity contribution is 6.05. The number of hydrogen-bond acceptors (Lipinski definition) is 3. The Morgan fingerprint density at radius 3 is 2.57 bits per heavy atom. The Kier molecular flexibility index (Phi) is 6.27. The number of nitrogens with zero attached hydrogens (tertiary/aromatic N) is 2. The molecule has 1 unspecified atom stereocenters. The zero-order valence-corrected chi connectivity index (χ0v) is 16.0. The van der Waals surface area contributed by atoms with Gasteiger partial charge in [-0.25, -0.2) is 0 Å². The zero-order valence-electron chi connectivity index (χ0n) is 16.0. The number of benzene rings is 1. The summed E-state index contributed by atoms with van der Waals surface area (Å²) in [5.74, 6) is -0.921. The van der Waals surface area contributed by atoms with Crippen molar-refractivity contribution in [2.24, 2.45) is 5.92 Å². The topological polar surface area (TPSA) is 52.7 Å². The number of carbonyl (C=O) groups excluding carboxylic acids is 2. The van der Waals surface area contributed by atoms with Gasteiger partial charge in [0.05, 0.1) is 24.3 Å². The number of alkyl halides is 3. The van der Waals surface area contributed by atoms with E-state index in [1.165, 1.54) is 18.6 Å². The molecule has 1 aliphatic carbocycles. The van der Waals surface area contributed by atoms with Gasteiger partial charge in [-0.2, -0.15) is 13.2 Å². The average molecular weight is 397 g/mol. The number of para-hydroxylation sites is 2. The van der Waals surface area contributed by atoms with Crippen LogP contribution in [0.2, 0.25) is 0 Å². The van der Waals surface area contributed by atoms with E-state index < -0.39 is 30.5 Å². The van der Waals surface area contributed by atoms with Crippen LogP contribution in [-0.4, -0.2) is 49.1 Å². The predicted octanol–water partition coefficient (Wildman–Crippen LogP) is 3.80. The van der Waals surface area contributed by atoms with Gasteiger partial charge in [0, 0.05) is 6.54 Å². The lowest BCUT2D eigenvalue weighted by Gasteiger charge is -2.33. The Morgan fingerprint density at radius 1 is 1.21 bits per heavy atom. The number of amides is 2. The first-order valence-corrected chi connectivity index (χ1v) is 9.72. The minimum atomic E-state index is -4.70. The summed E-state index contributed by atoms with van der Waals surface area (Å²) in [6.45, 7) is 0.570. The third kappa shape index (κ3) is 4.84. The van der Waals surface area contributed by atoms with Crippen LogP contribution in [0, 0.1) is 5.92 Å². The standard InChI is InChI=1S/C20H26F3N3O2/c1-25(12-14-7-3-2-4-8-14)13-19(28)26-16-10-6-5-9-15(16)24-18(27)11-17(26)20(21,22)23/h5-6,9-10,14,17H,2-4,7-8,11-13H2,1H3,(H,24,27). The largest absolute Gasteiger partial charge is 0.409 e. The van der Waals surface area contributed by atoms with Crippen molar-refractivity contribution in [3.05, 3.63) is 24.3 Å². The van der Waals surface area contributed by atoms with Gasteiger partial charge in [-0.3, -0.25) is 19.4 Å². The Balaban J connectivity index is 1.82. The first-order chi connectivity index (χ1) is 13.3. The molecule has 1 aromatic rings. The molecule has 5 nitrogen and oxygen atoms in total. The molecule has 28 heavy (non-hydrogen) atoms. The van der Waals surface area contributed by atoms with Crippen LogP contribution in [0.25, 0.3) is 0 Å². The maximum Gasteiger partial charge on any atom is 0.409 e. The quantitative estimate of drug-likeness (QED) is 0.841. The lowest BCUT2D eigenvalue weighted by molar-refractivity contribution is -0.158. The fourth-order valence-electron chi connectivity index (χ4n) is 4.18. The Hall–Kier alpha value is -2.09. The summed E-state index contributed by atoms with van der Waals surface area (Å²) in [4.78, 5) is 27.5. The molecule has 0 saturated heterocycles. The average Bonchev–Trinajstić information content (AvgIpc) is 2.77. The first kappa shape index (κ1) is 20.6. The van der Waals surface area contributed by atoms with Gasteiger partial charge in [-0.05, 0) is 37.9 Å². The van der Waals surface area contributed by atoms with Crippen molar-refractivity contribution in [1.82, 2.24) is 4.90 Å². The number of carbonyl (C=O) groups is 2. The van der Waals surface area contributed by atoms with Crippen LogP contribution in [-0.2, 0) is 9.59 Å². The minimum Gasteiger partial charge on any atom is -0.324 e. The molecule has 1 aromatic carbocycles. The van der Waals surface area contributed by atoms with E-state index in [9.17, 15) is 22.8 Å². The smallest absolute Gasteiger partial charge is 0.324 e. The highest BCUT2D eigenvalue weighted by Crippen LogP contribution is 2.37. The molecule has 1 fully saturated rings. The molecule has 0 aromatic heterocycles. The van der Waals surface area contributed by atoms with Gasteiger partial charge in [0.1, 0.15) is 6.04 Å². The van der Waals surface area contributed by atoms with Crippen molar-refractivity contribution in [2.75, 3.05) is 30.4 Å². The number of rotatable bonds is 4. The second-order valence-corrected chi connectivity index (χ2v) is 7.79. The Bertz CT molecular complexity index is 717. The van der Waals surface area contributed by atoms with Crippen LogP contribution < -0.4 is 10.2 Å². The second kappa shape index (κ2) is 8.51. The monoisotopic (exact) mass is 397 g/mol. The molecule has 2 aliphatic rings. The van der Waals surface area contributed by atoms with Crippen LogP contribution in [0.4, 0.5) is 24.5 Å². The fourth-order valence-corrected chi connectivity index (χ4v) is 4.18. The first-order valence-electron chi connectivity index (χ1n) is 9.72. The van der Waals surface area contributed by atoms with E-state index in [0.717, 1.165) is 30.6 Å². The van der Waals surface area contributed by atoms with Crippen molar-refractivity contribution in [1.29, 1.82) is 0 Å². The van der Waals surface area contributed by atoms with E-state index >= 15 is 0 Å². The van der Waals surface area contributed by atoms with Crippen molar-refractivity contribution >= 4 is 23.2 Å². The number of likely N-dealkylation sites (N-methyl/N-ethyl adjacent to an activating group) is 1. The van der Waals surface area contributed by atoms with E-state index in [1.54, 1.807) is 24.1 Å². The lowest BCUT2D eigenvalue weighted by Crippen LogP contribution is -2.52. The number of hydrogen-bond donors (Lipinski definition) is 1. The molecule has 0 radical (unpaired) electrons. The Morgan fingerprint density at radius 2 is 1.89 bits per heavy atom. The maximum absolute atomic E-state index is 13.7. The van der Waals surface area contributed by atoms with Gasteiger partial charge >= 0.3 is 6.18 Å². The van der Waals surface area contributed by atoms with Crippen molar-refractivity contribution in [2.45, 2.75) is 50.7 Å². The number of nitrogens with one attached hydrogen (secondary N) is 1. The molecule has 1 N–H and O–H groups in total. The normalized spacial score (nSPS) is 21.2. The molecular weight excluding hydrogens is 371 g/mol. The fraction of sp³-hybridized carbons (Fsp3) is 0.600. The van der Waals surface area contributed by atoms with E-state index in [4.69, 9.17) is 0 Å². The number of fused-ring (bicyclic) bond motifs is 1. The van der Waals surface area contributed by atoms with Gasteiger partial charge in [0.25, 0.3) is 0 Å². The van der Waals surface area contributed by atoms with Crippen molar-refractivity contribution < 1.29 is 22.8 Å². The van der Waals surface area contributed by atoms with E-state index in [2.05, 4.69) is 5.32 Å². The van der Waals surface area contributed by atoms with Gasteiger partial charge in [-0.15, -0.1) is 0 Å². The molecule has 3 rings (SSSR count). The summed E-state index contributed by atoms with van der Waals surface area (Å²) in [5.41, 5.74) is 0.314. The Labute approximate surface area is 162 Å². The summed E-state index contributed by atoms with van der Waals surface area (Å²) in [7, 11) is 1.77. The molecule has 8 heteroatoms. The van der Waals surface area contributed by atoms with E-state index in [1.807, 2.05) is 0 Å². The highest BCUT2D eigenvalue weighted by atomic mass is 19.4. The molecule has 0 bridgehead atoms. The van der Waals surface area contributed by atoms with Gasteiger partial charge < -0.3 is 5.32 Å². The molecule has 1 aliphatic heterocycles. The number of anilines is 2. The predicted molar refractivity (Wildman–Crippen MR) is 101 cm³/mol. The van der Waals surface area contributed by atoms with Gasteiger partial charge in [-0.1, -0.05) is 31.4 Å². The van der Waals surface area contributed by atoms with Crippen LogP contribution in [0.15, 0.2) is 24.3 Å². The molecule has 1 saturated carbocycles. The molecule has 154 valence electrons. The molecular formula is C20H26F3N3O2. The SMILES string of the molecule is CN(CC(=O)N1c2ccccc2NC(=O)CC1C(F)(F)F)CC1CCCCC1. The number of halogens is 3. The summed E-state index contributed by atoms with van der Waals surface area (Å²) < 4.78 is 41.2. The minimum absolute atomic E-state index is 0.0896. The molecule has 1 atom stereocenters. The van der Waals surface area contributed by atoms with Crippen LogP contribution in [0.1, 0.15) is 38.5 Å². The lowest BCUT2D eigenvalue weighted by atomic mass is 9.89. The summed E-state index contributed by atoms with van der Waals surface area (Å²) in [6, 6.07) is 3.96. The van der Waals surface area contributed by atoms with Crippen molar-refractivity contribution in [3.63, 3.8) is 0 Å². The molecule has 2 amide bonds. The van der Waals surface area contributed by atoms with Gasteiger partial charge in [0.15, 0.2) is 0 Å². The van der Waals surface area contributed by atoms with Crippen LogP contribution in [0.5, 0.6) is 0 Å².